The van der Waals surface area contributed by atoms with Crippen LogP contribution < -0.4 is 9.62 Å². The van der Waals surface area contributed by atoms with Crippen LogP contribution in [-0.4, -0.2) is 44.6 Å². The highest BCUT2D eigenvalue weighted by Gasteiger charge is 2.52. The molecular weight excluding hydrogens is 430 g/mol. The standard InChI is InChI=1S/C23H25N3O5S/c1-25(18-9-3-2-4-10-18)32(30,31)19-11-7-8-17(14-19)24-20(27)16-26-21(28)15-23(22(26)29)12-5-6-13-23/h2-4,7-11,14H,5-6,12-13,15-16H2,1H3,(H,24,27). The van der Waals surface area contributed by atoms with Crippen LogP contribution in [0.2, 0.25) is 0 Å². The van der Waals surface area contributed by atoms with E-state index >= 15 is 0 Å². The number of hydrogen-bond donors (Lipinski definition) is 1. The molecule has 8 nitrogen and oxygen atoms in total. The topological polar surface area (TPSA) is 104 Å². The molecule has 0 radical (unpaired) electrons. The van der Waals surface area contributed by atoms with Gasteiger partial charge in [0.25, 0.3) is 10.0 Å². The Morgan fingerprint density at radius 2 is 1.75 bits per heavy atom. The molecule has 4 rings (SSSR count). The van der Waals surface area contributed by atoms with Gasteiger partial charge in [-0.25, -0.2) is 8.42 Å². The number of benzene rings is 2. The number of amides is 3. The summed E-state index contributed by atoms with van der Waals surface area (Å²) in [5, 5.41) is 2.61. The summed E-state index contributed by atoms with van der Waals surface area (Å²) in [6.45, 7) is -0.375. The number of rotatable bonds is 6. The fraction of sp³-hybridized carbons (Fsp3) is 0.348. The molecule has 0 aromatic heterocycles. The predicted molar refractivity (Wildman–Crippen MR) is 119 cm³/mol. The van der Waals surface area contributed by atoms with E-state index in [0.29, 0.717) is 18.5 Å². The second kappa shape index (κ2) is 8.38. The predicted octanol–water partition coefficient (Wildman–Crippen LogP) is 2.77. The van der Waals surface area contributed by atoms with Gasteiger partial charge in [-0.15, -0.1) is 0 Å². The zero-order valence-corrected chi connectivity index (χ0v) is 18.6. The van der Waals surface area contributed by atoms with Gasteiger partial charge in [-0.1, -0.05) is 37.1 Å². The van der Waals surface area contributed by atoms with Crippen molar-refractivity contribution in [1.29, 1.82) is 0 Å². The Kier molecular flexibility index (Phi) is 5.77. The summed E-state index contributed by atoms with van der Waals surface area (Å²) in [4.78, 5) is 38.7. The number of hydrogen-bond acceptors (Lipinski definition) is 5. The molecule has 2 aliphatic rings. The van der Waals surface area contributed by atoms with E-state index in [9.17, 15) is 22.8 Å². The number of sulfonamides is 1. The molecule has 32 heavy (non-hydrogen) atoms. The minimum Gasteiger partial charge on any atom is -0.324 e. The molecule has 0 unspecified atom stereocenters. The van der Waals surface area contributed by atoms with Gasteiger partial charge in [0, 0.05) is 19.2 Å². The molecule has 1 saturated carbocycles. The van der Waals surface area contributed by atoms with E-state index in [1.54, 1.807) is 36.4 Å². The Morgan fingerprint density at radius 1 is 1.06 bits per heavy atom. The molecule has 1 saturated heterocycles. The van der Waals surface area contributed by atoms with E-state index in [-0.39, 0.29) is 35.4 Å². The molecule has 1 spiro atoms. The molecule has 9 heteroatoms. The van der Waals surface area contributed by atoms with Gasteiger partial charge in [-0.3, -0.25) is 23.6 Å². The highest BCUT2D eigenvalue weighted by atomic mass is 32.2. The summed E-state index contributed by atoms with van der Waals surface area (Å²) in [7, 11) is -2.38. The minimum atomic E-state index is -3.84. The highest BCUT2D eigenvalue weighted by Crippen LogP contribution is 2.46. The van der Waals surface area contributed by atoms with Crippen LogP contribution in [0.4, 0.5) is 11.4 Å². The average Bonchev–Trinajstić information content (AvgIpc) is 3.34. The van der Waals surface area contributed by atoms with Gasteiger partial charge >= 0.3 is 0 Å². The van der Waals surface area contributed by atoms with E-state index in [0.717, 1.165) is 22.0 Å². The lowest BCUT2D eigenvalue weighted by Gasteiger charge is -2.21. The normalized spacial score (nSPS) is 17.7. The summed E-state index contributed by atoms with van der Waals surface area (Å²) >= 11 is 0. The first-order valence-corrected chi connectivity index (χ1v) is 12.0. The highest BCUT2D eigenvalue weighted by molar-refractivity contribution is 7.92. The van der Waals surface area contributed by atoms with Crippen LogP contribution in [0.5, 0.6) is 0 Å². The van der Waals surface area contributed by atoms with Crippen molar-refractivity contribution in [2.45, 2.75) is 37.0 Å². The molecule has 0 atom stereocenters. The number of likely N-dealkylation sites (tertiary alicyclic amines) is 1. The Morgan fingerprint density at radius 3 is 2.44 bits per heavy atom. The number of carbonyl (C=O) groups is 3. The lowest BCUT2D eigenvalue weighted by atomic mass is 9.84. The second-order valence-corrected chi connectivity index (χ2v) is 10.3. The first-order valence-electron chi connectivity index (χ1n) is 10.5. The molecule has 168 valence electrons. The maximum absolute atomic E-state index is 13.0. The molecule has 3 amide bonds. The van der Waals surface area contributed by atoms with E-state index in [2.05, 4.69) is 5.32 Å². The van der Waals surface area contributed by atoms with Gasteiger partial charge in [0.15, 0.2) is 0 Å². The Balaban J connectivity index is 1.47. The molecular formula is C23H25N3O5S. The third-order valence-electron chi connectivity index (χ3n) is 6.25. The summed E-state index contributed by atoms with van der Waals surface area (Å²) in [6, 6.07) is 14.6. The van der Waals surface area contributed by atoms with Crippen LogP contribution in [0.3, 0.4) is 0 Å². The minimum absolute atomic E-state index is 0.0138. The van der Waals surface area contributed by atoms with Crippen molar-refractivity contribution in [3.63, 3.8) is 0 Å². The van der Waals surface area contributed by atoms with Gasteiger partial charge in [-0.2, -0.15) is 0 Å². The number of imide groups is 1. The lowest BCUT2D eigenvalue weighted by molar-refractivity contribution is -0.143. The summed E-state index contributed by atoms with van der Waals surface area (Å²) < 4.78 is 27.2. The average molecular weight is 456 g/mol. The van der Waals surface area contributed by atoms with Gasteiger partial charge in [-0.05, 0) is 43.2 Å². The second-order valence-electron chi connectivity index (χ2n) is 8.33. The van der Waals surface area contributed by atoms with E-state index < -0.39 is 21.3 Å². The third-order valence-corrected chi connectivity index (χ3v) is 8.03. The van der Waals surface area contributed by atoms with Crippen LogP contribution in [0.25, 0.3) is 0 Å². The quantitative estimate of drug-likeness (QED) is 0.675. The number of anilines is 2. The molecule has 2 aromatic carbocycles. The van der Waals surface area contributed by atoms with Gasteiger partial charge < -0.3 is 5.32 Å². The van der Waals surface area contributed by atoms with Crippen molar-refractivity contribution in [1.82, 2.24) is 4.90 Å². The molecule has 2 aromatic rings. The molecule has 1 N–H and O–H groups in total. The van der Waals surface area contributed by atoms with Gasteiger partial charge in [0.05, 0.1) is 16.0 Å². The third kappa shape index (κ3) is 4.00. The van der Waals surface area contributed by atoms with Crippen LogP contribution in [0.1, 0.15) is 32.1 Å². The maximum atomic E-state index is 13.0. The van der Waals surface area contributed by atoms with Crippen LogP contribution in [-0.2, 0) is 24.4 Å². The van der Waals surface area contributed by atoms with Crippen molar-refractivity contribution in [2.24, 2.45) is 5.41 Å². The molecule has 1 aliphatic carbocycles. The first-order chi connectivity index (χ1) is 15.2. The van der Waals surface area contributed by atoms with E-state index in [4.69, 9.17) is 0 Å². The monoisotopic (exact) mass is 455 g/mol. The molecule has 1 aliphatic heterocycles. The van der Waals surface area contributed by atoms with Crippen LogP contribution in [0, 0.1) is 5.41 Å². The van der Waals surface area contributed by atoms with E-state index in [1.807, 2.05) is 0 Å². The SMILES string of the molecule is CN(c1ccccc1)S(=O)(=O)c1cccc(NC(=O)CN2C(=O)CC3(CCCC3)C2=O)c1. The van der Waals surface area contributed by atoms with Crippen molar-refractivity contribution in [3.05, 3.63) is 54.6 Å². The zero-order chi connectivity index (χ0) is 22.9. The zero-order valence-electron chi connectivity index (χ0n) is 17.8. The lowest BCUT2D eigenvalue weighted by Crippen LogP contribution is -2.39. The fourth-order valence-electron chi connectivity index (χ4n) is 4.48. The summed E-state index contributed by atoms with van der Waals surface area (Å²) in [6.07, 6.45) is 3.36. The fourth-order valence-corrected chi connectivity index (χ4v) is 5.72. The Hall–Kier alpha value is -3.20. The Bertz CT molecular complexity index is 1160. The smallest absolute Gasteiger partial charge is 0.264 e. The largest absolute Gasteiger partial charge is 0.324 e. The molecule has 0 bridgehead atoms. The molecule has 1 heterocycles. The number of para-hydroxylation sites is 1. The number of nitrogens with one attached hydrogen (secondary N) is 1. The first kappa shape index (κ1) is 22.0. The molecule has 2 fully saturated rings. The number of nitrogens with zero attached hydrogens (tertiary/aromatic N) is 2. The Labute approximate surface area is 187 Å². The van der Waals surface area contributed by atoms with Crippen LogP contribution in [0.15, 0.2) is 59.5 Å². The van der Waals surface area contributed by atoms with Crippen LogP contribution >= 0.6 is 0 Å². The van der Waals surface area contributed by atoms with E-state index in [1.165, 1.54) is 25.2 Å². The van der Waals surface area contributed by atoms with Crippen molar-refractivity contribution in [3.8, 4) is 0 Å². The number of carbonyl (C=O) groups excluding carboxylic acids is 3. The van der Waals surface area contributed by atoms with Crippen molar-refractivity contribution >= 4 is 39.1 Å². The van der Waals surface area contributed by atoms with Crippen molar-refractivity contribution in [2.75, 3.05) is 23.2 Å². The summed E-state index contributed by atoms with van der Waals surface area (Å²) in [5.74, 6) is -1.14. The van der Waals surface area contributed by atoms with Gasteiger partial charge in [0.2, 0.25) is 17.7 Å². The maximum Gasteiger partial charge on any atom is 0.264 e. The van der Waals surface area contributed by atoms with Gasteiger partial charge in [0.1, 0.15) is 6.54 Å². The van der Waals surface area contributed by atoms with Crippen molar-refractivity contribution < 1.29 is 22.8 Å². The summed E-state index contributed by atoms with van der Waals surface area (Å²) in [5.41, 5.74) is 0.147.